The van der Waals surface area contributed by atoms with Gasteiger partial charge in [0.2, 0.25) is 5.91 Å². The van der Waals surface area contributed by atoms with Gasteiger partial charge in [-0.25, -0.2) is 8.42 Å². The van der Waals surface area contributed by atoms with Crippen LogP contribution < -0.4 is 0 Å². The number of hydrogen-bond acceptors (Lipinski definition) is 6. The van der Waals surface area contributed by atoms with Gasteiger partial charge in [-0.1, -0.05) is 11.6 Å². The number of carbonyl (C=O) groups excluding carboxylic acids is 1. The first kappa shape index (κ1) is 20.1. The van der Waals surface area contributed by atoms with Gasteiger partial charge in [-0.05, 0) is 38.4 Å². The van der Waals surface area contributed by atoms with Gasteiger partial charge in [0.15, 0.2) is 9.84 Å². The average molecular weight is 421 g/mol. The Bertz CT molecular complexity index is 731. The number of hydrogen-bond donors (Lipinski definition) is 0. The maximum absolute atomic E-state index is 12.9. The number of amides is 1. The van der Waals surface area contributed by atoms with Gasteiger partial charge in [0.25, 0.3) is 0 Å². The summed E-state index contributed by atoms with van der Waals surface area (Å²) in [7, 11) is -1.15. The normalized spacial score (nSPS) is 25.0. The van der Waals surface area contributed by atoms with Gasteiger partial charge in [-0.2, -0.15) is 0 Å². The SMILES string of the molecule is CN(CC(=O)N(CC1CCCO1)C1CCS(=O)(=O)C1)Cc1ccc(Cl)s1. The molecule has 1 aromatic rings. The summed E-state index contributed by atoms with van der Waals surface area (Å²) in [6.07, 6.45) is 2.45. The van der Waals surface area contributed by atoms with Crippen LogP contribution in [0.15, 0.2) is 12.1 Å². The summed E-state index contributed by atoms with van der Waals surface area (Å²) < 4.78 is 30.2. The van der Waals surface area contributed by atoms with Crippen LogP contribution in [0, 0.1) is 0 Å². The lowest BCUT2D eigenvalue weighted by atomic mass is 10.1. The van der Waals surface area contributed by atoms with Crippen LogP contribution in [0.2, 0.25) is 4.34 Å². The van der Waals surface area contributed by atoms with E-state index in [0.29, 0.717) is 26.1 Å². The van der Waals surface area contributed by atoms with E-state index in [4.69, 9.17) is 16.3 Å². The van der Waals surface area contributed by atoms with Crippen molar-refractivity contribution in [3.05, 3.63) is 21.3 Å². The van der Waals surface area contributed by atoms with E-state index in [9.17, 15) is 13.2 Å². The number of thiophene rings is 1. The minimum atomic E-state index is -3.04. The highest BCUT2D eigenvalue weighted by Crippen LogP contribution is 2.24. The quantitative estimate of drug-likeness (QED) is 0.675. The van der Waals surface area contributed by atoms with Crippen LogP contribution in [0.3, 0.4) is 0 Å². The first-order valence-corrected chi connectivity index (χ1v) is 11.9. The lowest BCUT2D eigenvalue weighted by Crippen LogP contribution is -2.48. The molecule has 0 aromatic carbocycles. The Hall–Kier alpha value is -0.670. The van der Waals surface area contributed by atoms with Gasteiger partial charge in [0.1, 0.15) is 0 Å². The van der Waals surface area contributed by atoms with Crippen LogP contribution in [-0.4, -0.2) is 74.5 Å². The topological polar surface area (TPSA) is 66.9 Å². The van der Waals surface area contributed by atoms with Crippen molar-refractivity contribution >= 4 is 38.7 Å². The van der Waals surface area contributed by atoms with Crippen LogP contribution in [0.5, 0.6) is 0 Å². The molecule has 0 saturated carbocycles. The predicted octanol–water partition coefficient (Wildman–Crippen LogP) is 2.03. The standard InChI is InChI=1S/C17H25ClN2O4S2/c1-19(10-15-4-5-16(18)25-15)11-17(21)20(9-14-3-2-7-24-14)13-6-8-26(22,23)12-13/h4-5,13-14H,2-3,6-12H2,1H3. The van der Waals surface area contributed by atoms with Gasteiger partial charge in [0.05, 0.1) is 28.5 Å². The Balaban J connectivity index is 1.63. The maximum Gasteiger partial charge on any atom is 0.237 e. The molecule has 3 rings (SSSR count). The van der Waals surface area contributed by atoms with Crippen molar-refractivity contribution < 1.29 is 17.9 Å². The van der Waals surface area contributed by atoms with Crippen LogP contribution in [0.1, 0.15) is 24.1 Å². The van der Waals surface area contributed by atoms with Crippen LogP contribution in [-0.2, 0) is 25.9 Å². The van der Waals surface area contributed by atoms with Gasteiger partial charge >= 0.3 is 0 Å². The molecule has 2 atom stereocenters. The zero-order valence-corrected chi connectivity index (χ0v) is 17.3. The molecule has 0 radical (unpaired) electrons. The molecule has 6 nitrogen and oxygen atoms in total. The Morgan fingerprint density at radius 1 is 1.38 bits per heavy atom. The largest absolute Gasteiger partial charge is 0.376 e. The molecule has 3 heterocycles. The molecule has 9 heteroatoms. The molecule has 0 spiro atoms. The second-order valence-electron chi connectivity index (χ2n) is 7.12. The van der Waals surface area contributed by atoms with Gasteiger partial charge < -0.3 is 9.64 Å². The summed E-state index contributed by atoms with van der Waals surface area (Å²) in [5.41, 5.74) is 0. The molecule has 0 bridgehead atoms. The fraction of sp³-hybridized carbons (Fsp3) is 0.706. The summed E-state index contributed by atoms with van der Waals surface area (Å²) in [5, 5.41) is 0. The van der Waals surface area contributed by atoms with Crippen LogP contribution in [0.25, 0.3) is 0 Å². The molecule has 0 aliphatic carbocycles. The second-order valence-corrected chi connectivity index (χ2v) is 11.1. The summed E-state index contributed by atoms with van der Waals surface area (Å²) in [4.78, 5) is 17.7. The fourth-order valence-corrected chi connectivity index (χ4v) is 6.46. The molecule has 2 saturated heterocycles. The number of likely N-dealkylation sites (N-methyl/N-ethyl adjacent to an activating group) is 1. The lowest BCUT2D eigenvalue weighted by Gasteiger charge is -2.32. The second kappa shape index (κ2) is 8.56. The monoisotopic (exact) mass is 420 g/mol. The number of sulfone groups is 1. The Morgan fingerprint density at radius 3 is 2.77 bits per heavy atom. The van der Waals surface area contributed by atoms with Crippen molar-refractivity contribution in [3.8, 4) is 0 Å². The van der Waals surface area contributed by atoms with Crippen LogP contribution >= 0.6 is 22.9 Å². The molecule has 146 valence electrons. The lowest BCUT2D eigenvalue weighted by molar-refractivity contribution is -0.135. The average Bonchev–Trinajstić information content (AvgIpc) is 3.27. The first-order valence-electron chi connectivity index (χ1n) is 8.86. The Labute approximate surface area is 164 Å². The molecule has 2 aliphatic heterocycles. The first-order chi connectivity index (χ1) is 12.3. The highest BCUT2D eigenvalue weighted by atomic mass is 35.5. The molecule has 2 unspecified atom stereocenters. The van der Waals surface area contributed by atoms with E-state index in [1.165, 1.54) is 11.3 Å². The van der Waals surface area contributed by atoms with E-state index in [1.807, 2.05) is 24.1 Å². The Morgan fingerprint density at radius 2 is 2.19 bits per heavy atom. The molecular weight excluding hydrogens is 396 g/mol. The highest BCUT2D eigenvalue weighted by Gasteiger charge is 2.36. The van der Waals surface area contributed by atoms with E-state index in [1.54, 1.807) is 4.90 Å². The molecule has 26 heavy (non-hydrogen) atoms. The summed E-state index contributed by atoms with van der Waals surface area (Å²) in [6.45, 7) is 2.09. The predicted molar refractivity (Wildman–Crippen MR) is 103 cm³/mol. The smallest absolute Gasteiger partial charge is 0.237 e. The molecule has 2 fully saturated rings. The Kier molecular flexibility index (Phi) is 6.61. The van der Waals surface area contributed by atoms with Gasteiger partial charge in [0, 0.05) is 30.6 Å². The molecule has 2 aliphatic rings. The van der Waals surface area contributed by atoms with E-state index >= 15 is 0 Å². The van der Waals surface area contributed by atoms with Crippen LogP contribution in [0.4, 0.5) is 0 Å². The summed E-state index contributed by atoms with van der Waals surface area (Å²) in [6, 6.07) is 3.58. The van der Waals surface area contributed by atoms with Crippen molar-refractivity contribution in [2.45, 2.75) is 38.0 Å². The van der Waals surface area contributed by atoms with Gasteiger partial charge in [-0.15, -0.1) is 11.3 Å². The summed E-state index contributed by atoms with van der Waals surface area (Å²) in [5.74, 6) is 0.194. The minimum absolute atomic E-state index is 0.0173. The van der Waals surface area contributed by atoms with Gasteiger partial charge in [-0.3, -0.25) is 9.69 Å². The molecule has 1 aromatic heterocycles. The van der Waals surface area contributed by atoms with E-state index in [2.05, 4.69) is 0 Å². The van der Waals surface area contributed by atoms with E-state index in [-0.39, 0.29) is 36.1 Å². The number of halogens is 1. The van der Waals surface area contributed by atoms with Crippen molar-refractivity contribution in [3.63, 3.8) is 0 Å². The summed E-state index contributed by atoms with van der Waals surface area (Å²) >= 11 is 7.46. The van der Waals surface area contributed by atoms with E-state index < -0.39 is 9.84 Å². The number of nitrogens with zero attached hydrogens (tertiary/aromatic N) is 2. The number of rotatable bonds is 7. The van der Waals surface area contributed by atoms with Crippen molar-refractivity contribution in [2.75, 3.05) is 38.2 Å². The third-order valence-corrected chi connectivity index (χ3v) is 7.82. The fourth-order valence-electron chi connectivity index (χ4n) is 3.56. The van der Waals surface area contributed by atoms with Crippen molar-refractivity contribution in [1.82, 2.24) is 9.80 Å². The minimum Gasteiger partial charge on any atom is -0.376 e. The molecule has 0 N–H and O–H groups in total. The maximum atomic E-state index is 12.9. The highest BCUT2D eigenvalue weighted by molar-refractivity contribution is 7.91. The third-order valence-electron chi connectivity index (χ3n) is 4.85. The van der Waals surface area contributed by atoms with Crippen molar-refractivity contribution in [1.29, 1.82) is 0 Å². The zero-order chi connectivity index (χ0) is 18.7. The number of ether oxygens (including phenoxy) is 1. The number of carbonyl (C=O) groups is 1. The van der Waals surface area contributed by atoms with E-state index in [0.717, 1.165) is 22.1 Å². The molecule has 1 amide bonds. The molecular formula is C17H25ClN2O4S2. The third kappa shape index (κ3) is 5.42. The van der Waals surface area contributed by atoms with Crippen molar-refractivity contribution in [2.24, 2.45) is 0 Å². The zero-order valence-electron chi connectivity index (χ0n) is 14.9.